The van der Waals surface area contributed by atoms with E-state index in [1.54, 1.807) is 0 Å². The Bertz CT molecular complexity index is 173. The summed E-state index contributed by atoms with van der Waals surface area (Å²) in [5.41, 5.74) is 5.19. The fourth-order valence-electron chi connectivity index (χ4n) is 1.56. The van der Waals surface area contributed by atoms with Crippen LogP contribution in [0.2, 0.25) is 0 Å². The van der Waals surface area contributed by atoms with E-state index in [9.17, 15) is 4.79 Å². The SMILES string of the molecule is C[C@]1(OC(=O)O)CC[C@H](N)CC1. The summed E-state index contributed by atoms with van der Waals surface area (Å²) in [4.78, 5) is 10.3. The van der Waals surface area contributed by atoms with Gasteiger partial charge in [0.05, 0.1) is 0 Å². The van der Waals surface area contributed by atoms with Crippen LogP contribution in [0.4, 0.5) is 4.79 Å². The van der Waals surface area contributed by atoms with Crippen molar-refractivity contribution in [3.05, 3.63) is 0 Å². The highest BCUT2D eigenvalue weighted by atomic mass is 16.7. The van der Waals surface area contributed by atoms with Gasteiger partial charge in [0.25, 0.3) is 0 Å². The Morgan fingerprint density at radius 3 is 2.50 bits per heavy atom. The summed E-state index contributed by atoms with van der Waals surface area (Å²) in [7, 11) is 0. The number of hydrogen-bond donors (Lipinski definition) is 2. The molecular weight excluding hydrogens is 158 g/mol. The van der Waals surface area contributed by atoms with E-state index >= 15 is 0 Å². The molecule has 0 atom stereocenters. The quantitative estimate of drug-likeness (QED) is 0.587. The first-order valence-electron chi connectivity index (χ1n) is 4.19. The largest absolute Gasteiger partial charge is 0.506 e. The first-order valence-corrected chi connectivity index (χ1v) is 4.19. The zero-order chi connectivity index (χ0) is 9.19. The van der Waals surface area contributed by atoms with Gasteiger partial charge in [-0.25, -0.2) is 4.79 Å². The van der Waals surface area contributed by atoms with Gasteiger partial charge in [0, 0.05) is 6.04 Å². The minimum Gasteiger partial charge on any atom is -0.450 e. The molecule has 1 rings (SSSR count). The Hall–Kier alpha value is -0.770. The van der Waals surface area contributed by atoms with Crippen molar-refractivity contribution >= 4 is 6.16 Å². The van der Waals surface area contributed by atoms with Gasteiger partial charge < -0.3 is 15.6 Å². The lowest BCUT2D eigenvalue weighted by atomic mass is 9.84. The van der Waals surface area contributed by atoms with Crippen LogP contribution in [0.25, 0.3) is 0 Å². The van der Waals surface area contributed by atoms with Gasteiger partial charge >= 0.3 is 6.16 Å². The van der Waals surface area contributed by atoms with Gasteiger partial charge in [-0.3, -0.25) is 0 Å². The van der Waals surface area contributed by atoms with Crippen molar-refractivity contribution < 1.29 is 14.6 Å². The maximum atomic E-state index is 10.3. The highest BCUT2D eigenvalue weighted by molar-refractivity contribution is 5.57. The summed E-state index contributed by atoms with van der Waals surface area (Å²) >= 11 is 0. The molecule has 0 aliphatic heterocycles. The second kappa shape index (κ2) is 3.31. The van der Waals surface area contributed by atoms with E-state index in [4.69, 9.17) is 15.6 Å². The molecule has 1 aliphatic carbocycles. The molecule has 1 aliphatic rings. The number of carbonyl (C=O) groups is 1. The average molecular weight is 173 g/mol. The number of nitrogens with two attached hydrogens (primary N) is 1. The van der Waals surface area contributed by atoms with E-state index in [0.29, 0.717) is 0 Å². The van der Waals surface area contributed by atoms with Gasteiger partial charge in [-0.05, 0) is 32.6 Å². The molecule has 0 radical (unpaired) electrons. The van der Waals surface area contributed by atoms with E-state index in [-0.39, 0.29) is 6.04 Å². The third-order valence-corrected chi connectivity index (χ3v) is 2.42. The molecule has 0 unspecified atom stereocenters. The summed E-state index contributed by atoms with van der Waals surface area (Å²) in [5, 5.41) is 8.44. The molecule has 3 N–H and O–H groups in total. The van der Waals surface area contributed by atoms with Crippen molar-refractivity contribution in [2.45, 2.75) is 44.2 Å². The van der Waals surface area contributed by atoms with E-state index in [1.165, 1.54) is 0 Å². The predicted molar refractivity (Wildman–Crippen MR) is 44.0 cm³/mol. The molecule has 1 fully saturated rings. The first-order chi connectivity index (χ1) is 5.52. The van der Waals surface area contributed by atoms with E-state index in [1.807, 2.05) is 6.92 Å². The summed E-state index contributed by atoms with van der Waals surface area (Å²) in [6, 6.07) is 0.218. The Morgan fingerprint density at radius 1 is 1.58 bits per heavy atom. The Kier molecular flexibility index (Phi) is 2.57. The molecule has 0 saturated heterocycles. The monoisotopic (exact) mass is 173 g/mol. The molecular formula is C8H15NO3. The number of carboxylic acid groups (broad SMARTS) is 1. The molecule has 0 bridgehead atoms. The highest BCUT2D eigenvalue weighted by Crippen LogP contribution is 2.30. The van der Waals surface area contributed by atoms with Crippen molar-refractivity contribution in [2.75, 3.05) is 0 Å². The number of ether oxygens (including phenoxy) is 1. The maximum Gasteiger partial charge on any atom is 0.506 e. The lowest BCUT2D eigenvalue weighted by molar-refractivity contribution is -0.0316. The molecule has 70 valence electrons. The van der Waals surface area contributed by atoms with Gasteiger partial charge in [0.2, 0.25) is 0 Å². The Balaban J connectivity index is 2.44. The van der Waals surface area contributed by atoms with Crippen LogP contribution < -0.4 is 5.73 Å². The summed E-state index contributed by atoms with van der Waals surface area (Å²) in [6.07, 6.45) is 1.99. The summed E-state index contributed by atoms with van der Waals surface area (Å²) < 4.78 is 4.79. The number of hydrogen-bond acceptors (Lipinski definition) is 3. The van der Waals surface area contributed by atoms with Crippen LogP contribution in [0.15, 0.2) is 0 Å². The van der Waals surface area contributed by atoms with Crippen LogP contribution in [0, 0.1) is 0 Å². The van der Waals surface area contributed by atoms with Crippen molar-refractivity contribution in [3.8, 4) is 0 Å². The topological polar surface area (TPSA) is 72.5 Å². The molecule has 0 spiro atoms. The third-order valence-electron chi connectivity index (χ3n) is 2.42. The van der Waals surface area contributed by atoms with Gasteiger partial charge in [-0.2, -0.15) is 0 Å². The zero-order valence-corrected chi connectivity index (χ0v) is 7.25. The molecule has 4 heteroatoms. The molecule has 0 aromatic carbocycles. The van der Waals surface area contributed by atoms with E-state index < -0.39 is 11.8 Å². The third kappa shape index (κ3) is 2.37. The second-order valence-corrected chi connectivity index (χ2v) is 3.66. The molecule has 1 saturated carbocycles. The minimum absolute atomic E-state index is 0.218. The minimum atomic E-state index is -1.19. The molecule has 12 heavy (non-hydrogen) atoms. The van der Waals surface area contributed by atoms with Crippen LogP contribution in [0.1, 0.15) is 32.6 Å². The second-order valence-electron chi connectivity index (χ2n) is 3.66. The Labute approximate surface area is 71.7 Å². The van der Waals surface area contributed by atoms with Crippen LogP contribution in [-0.2, 0) is 4.74 Å². The predicted octanol–water partition coefficient (Wildman–Crippen LogP) is 1.34. The molecule has 0 aromatic heterocycles. The van der Waals surface area contributed by atoms with Crippen LogP contribution >= 0.6 is 0 Å². The molecule has 0 amide bonds. The molecule has 0 heterocycles. The van der Waals surface area contributed by atoms with Crippen molar-refractivity contribution in [2.24, 2.45) is 5.73 Å². The van der Waals surface area contributed by atoms with Crippen molar-refractivity contribution in [1.29, 1.82) is 0 Å². The fourth-order valence-corrected chi connectivity index (χ4v) is 1.56. The van der Waals surface area contributed by atoms with Gasteiger partial charge in [0.1, 0.15) is 5.60 Å². The van der Waals surface area contributed by atoms with Crippen molar-refractivity contribution in [3.63, 3.8) is 0 Å². The fraction of sp³-hybridized carbons (Fsp3) is 0.875. The van der Waals surface area contributed by atoms with Gasteiger partial charge in [-0.15, -0.1) is 0 Å². The van der Waals surface area contributed by atoms with E-state index in [2.05, 4.69) is 0 Å². The zero-order valence-electron chi connectivity index (χ0n) is 7.25. The molecule has 0 aromatic rings. The standard InChI is InChI=1S/C8H15NO3/c1-8(12-7(10)11)4-2-6(9)3-5-8/h6H,2-5,9H2,1H3,(H,10,11)/t6-,8-. The lowest BCUT2D eigenvalue weighted by Gasteiger charge is -2.34. The lowest BCUT2D eigenvalue weighted by Crippen LogP contribution is -2.39. The van der Waals surface area contributed by atoms with Gasteiger partial charge in [-0.1, -0.05) is 0 Å². The summed E-state index contributed by atoms with van der Waals surface area (Å²) in [6.45, 7) is 1.83. The van der Waals surface area contributed by atoms with Crippen molar-refractivity contribution in [1.82, 2.24) is 0 Å². The first kappa shape index (κ1) is 9.32. The average Bonchev–Trinajstić information content (AvgIpc) is 1.94. The smallest absolute Gasteiger partial charge is 0.450 e. The van der Waals surface area contributed by atoms with E-state index in [0.717, 1.165) is 25.7 Å². The Morgan fingerprint density at radius 2 is 2.08 bits per heavy atom. The van der Waals surface area contributed by atoms with Crippen LogP contribution in [0.5, 0.6) is 0 Å². The maximum absolute atomic E-state index is 10.3. The number of rotatable bonds is 1. The van der Waals surface area contributed by atoms with Crippen LogP contribution in [0.3, 0.4) is 0 Å². The van der Waals surface area contributed by atoms with Gasteiger partial charge in [0.15, 0.2) is 0 Å². The summed E-state index contributed by atoms with van der Waals surface area (Å²) in [5.74, 6) is 0. The molecule has 4 nitrogen and oxygen atoms in total. The highest BCUT2D eigenvalue weighted by Gasteiger charge is 2.33. The normalized spacial score (nSPS) is 36.0. The van der Waals surface area contributed by atoms with Crippen LogP contribution in [-0.4, -0.2) is 22.9 Å².